The van der Waals surface area contributed by atoms with Gasteiger partial charge in [-0.25, -0.2) is 9.59 Å². The fraction of sp³-hybridized carbons (Fsp3) is 0.237. The number of non-ortho nitro benzene ring substituents is 1. The van der Waals surface area contributed by atoms with E-state index >= 15 is 0 Å². The van der Waals surface area contributed by atoms with Gasteiger partial charge in [0, 0.05) is 47.9 Å². The number of benzene rings is 4. The van der Waals surface area contributed by atoms with Crippen LogP contribution < -0.4 is 16.0 Å². The number of aliphatic hydroxyl groups excluding tert-OH is 1. The van der Waals surface area contributed by atoms with Crippen LogP contribution in [0.25, 0.3) is 11.1 Å². The first kappa shape index (κ1) is 36.3. The molecule has 13 nitrogen and oxygen atoms in total. The summed E-state index contributed by atoms with van der Waals surface area (Å²) in [4.78, 5) is 51.9. The van der Waals surface area contributed by atoms with Crippen molar-refractivity contribution >= 4 is 23.7 Å². The number of carbonyl (C=O) groups excluding carboxylic acids is 1. The summed E-state index contributed by atoms with van der Waals surface area (Å²) in [5.74, 6) is -0.332. The molecule has 0 radical (unpaired) electrons. The molecular formula is C38H35N3O10S. The highest BCUT2D eigenvalue weighted by atomic mass is 32.2. The maximum Gasteiger partial charge on any atom is 0.339 e. The molecule has 6 rings (SSSR count). The minimum atomic E-state index is -1.12. The summed E-state index contributed by atoms with van der Waals surface area (Å²) in [6.07, 6.45) is -1.74. The third kappa shape index (κ3) is 8.16. The van der Waals surface area contributed by atoms with Crippen LogP contribution in [0.5, 0.6) is 5.75 Å². The number of hydrogen-bond donors (Lipinski definition) is 2. The van der Waals surface area contributed by atoms with E-state index in [2.05, 4.69) is 4.98 Å². The van der Waals surface area contributed by atoms with Crippen molar-refractivity contribution in [3.05, 3.63) is 162 Å². The molecule has 268 valence electrons. The molecule has 0 aliphatic carbocycles. The Bertz CT molecular complexity index is 2120. The van der Waals surface area contributed by atoms with Crippen molar-refractivity contribution in [3.8, 4) is 16.9 Å². The van der Waals surface area contributed by atoms with Gasteiger partial charge in [-0.2, -0.15) is 0 Å². The van der Waals surface area contributed by atoms with E-state index in [1.54, 1.807) is 24.3 Å². The summed E-state index contributed by atoms with van der Waals surface area (Å²) in [5, 5.41) is 22.7. The van der Waals surface area contributed by atoms with Crippen molar-refractivity contribution in [1.29, 1.82) is 0 Å². The van der Waals surface area contributed by atoms with Crippen LogP contribution in [0.2, 0.25) is 0 Å². The Morgan fingerprint density at radius 1 is 1.04 bits per heavy atom. The molecule has 1 saturated heterocycles. The number of ether oxygens (including phenoxy) is 3. The second-order valence-corrected chi connectivity index (χ2v) is 13.0. The summed E-state index contributed by atoms with van der Waals surface area (Å²) < 4.78 is 24.2. The van der Waals surface area contributed by atoms with Crippen molar-refractivity contribution < 1.29 is 33.2 Å². The topological polar surface area (TPSA) is 172 Å². The molecule has 0 spiro atoms. The predicted molar refractivity (Wildman–Crippen MR) is 193 cm³/mol. The number of aryl methyl sites for hydroxylation is 1. The molecule has 0 saturated carbocycles. The Hall–Kier alpha value is -5.54. The number of nitrogens with zero attached hydrogens (tertiary/aromatic N) is 2. The van der Waals surface area contributed by atoms with Crippen LogP contribution in [0.1, 0.15) is 50.5 Å². The molecule has 4 aromatic carbocycles. The standard InChI is InChI=1S/C38H35N3O10S/c1-23-20-40(38(45)39-36(23)43)33-19-31(42)32(51-33)22-49-37(44)30-18-28(41(46)47)17-27(34(30)24-13-15-29(48-2)16-14-24)21-50-52-35(25-9-5-3-6-10-25)26-11-7-4-8-12-26/h3-18,20,31-33,35,42H,19,21-22H2,1-2H3,(H,39,43,45)/t31-,32+,33+/m0/s1. The number of aliphatic hydroxyl groups is 1. The lowest BCUT2D eigenvalue weighted by molar-refractivity contribution is -0.385. The zero-order valence-corrected chi connectivity index (χ0v) is 29.0. The van der Waals surface area contributed by atoms with Crippen LogP contribution >= 0.6 is 12.0 Å². The first-order chi connectivity index (χ1) is 25.1. The Morgan fingerprint density at radius 2 is 1.69 bits per heavy atom. The second kappa shape index (κ2) is 16.2. The van der Waals surface area contributed by atoms with Gasteiger partial charge in [0.25, 0.3) is 11.2 Å². The highest BCUT2D eigenvalue weighted by Gasteiger charge is 2.37. The third-order valence-electron chi connectivity index (χ3n) is 8.64. The predicted octanol–water partition coefficient (Wildman–Crippen LogP) is 5.89. The Balaban J connectivity index is 1.28. The summed E-state index contributed by atoms with van der Waals surface area (Å²) >= 11 is 1.20. The third-order valence-corrected chi connectivity index (χ3v) is 9.63. The first-order valence-electron chi connectivity index (χ1n) is 16.3. The summed E-state index contributed by atoms with van der Waals surface area (Å²) in [7, 11) is 1.52. The molecule has 1 aliphatic heterocycles. The average molecular weight is 726 g/mol. The van der Waals surface area contributed by atoms with Gasteiger partial charge in [-0.3, -0.25) is 24.5 Å². The van der Waals surface area contributed by atoms with Gasteiger partial charge in [-0.15, -0.1) is 0 Å². The van der Waals surface area contributed by atoms with Crippen molar-refractivity contribution in [3.63, 3.8) is 0 Å². The molecule has 52 heavy (non-hydrogen) atoms. The van der Waals surface area contributed by atoms with E-state index in [-0.39, 0.29) is 35.1 Å². The second-order valence-electron chi connectivity index (χ2n) is 12.1. The number of H-pyrrole nitrogens is 1. The first-order valence-corrected chi connectivity index (χ1v) is 17.1. The van der Waals surface area contributed by atoms with Crippen LogP contribution in [0, 0.1) is 17.0 Å². The van der Waals surface area contributed by atoms with E-state index in [0.29, 0.717) is 22.4 Å². The van der Waals surface area contributed by atoms with E-state index in [4.69, 9.17) is 18.4 Å². The van der Waals surface area contributed by atoms with Crippen molar-refractivity contribution in [2.75, 3.05) is 13.7 Å². The molecular weight excluding hydrogens is 690 g/mol. The molecule has 2 N–H and O–H groups in total. The van der Waals surface area contributed by atoms with Gasteiger partial charge in [0.05, 0.1) is 35.6 Å². The van der Waals surface area contributed by atoms with Gasteiger partial charge >= 0.3 is 11.7 Å². The quantitative estimate of drug-likeness (QED) is 0.0642. The average Bonchev–Trinajstić information content (AvgIpc) is 3.53. The Kier molecular flexibility index (Phi) is 11.3. The lowest BCUT2D eigenvalue weighted by atomic mass is 9.93. The Morgan fingerprint density at radius 3 is 2.31 bits per heavy atom. The lowest BCUT2D eigenvalue weighted by Crippen LogP contribution is -2.33. The highest BCUT2D eigenvalue weighted by molar-refractivity contribution is 7.95. The van der Waals surface area contributed by atoms with Crippen LogP contribution in [0.3, 0.4) is 0 Å². The van der Waals surface area contributed by atoms with Crippen LogP contribution in [-0.4, -0.2) is 51.5 Å². The fourth-order valence-corrected chi connectivity index (χ4v) is 6.83. The zero-order valence-electron chi connectivity index (χ0n) is 28.2. The van der Waals surface area contributed by atoms with E-state index < -0.39 is 47.2 Å². The number of aromatic nitrogens is 2. The molecule has 3 atom stereocenters. The number of methoxy groups -OCH3 is 1. The van der Waals surface area contributed by atoms with Gasteiger partial charge in [-0.1, -0.05) is 72.8 Å². The van der Waals surface area contributed by atoms with E-state index in [1.165, 1.54) is 38.3 Å². The van der Waals surface area contributed by atoms with Crippen LogP contribution in [0.4, 0.5) is 5.69 Å². The van der Waals surface area contributed by atoms with E-state index in [1.807, 2.05) is 60.7 Å². The maximum absolute atomic E-state index is 13.8. The van der Waals surface area contributed by atoms with Crippen LogP contribution in [0.15, 0.2) is 113 Å². The number of aromatic amines is 1. The normalized spacial score (nSPS) is 16.9. The maximum atomic E-state index is 13.8. The highest BCUT2D eigenvalue weighted by Crippen LogP contribution is 2.39. The van der Waals surface area contributed by atoms with Gasteiger partial charge in [0.15, 0.2) is 0 Å². The number of nitro groups is 1. The van der Waals surface area contributed by atoms with Gasteiger partial charge < -0.3 is 23.5 Å². The number of rotatable bonds is 13. The summed E-state index contributed by atoms with van der Waals surface area (Å²) in [6, 6.07) is 28.9. The molecule has 0 unspecified atom stereocenters. The molecule has 5 aromatic rings. The molecule has 14 heteroatoms. The zero-order chi connectivity index (χ0) is 36.8. The number of nitro benzene ring substituents is 1. The largest absolute Gasteiger partial charge is 0.497 e. The molecule has 2 heterocycles. The summed E-state index contributed by atoms with van der Waals surface area (Å²) in [6.45, 7) is 1.00. The smallest absolute Gasteiger partial charge is 0.339 e. The minimum absolute atomic E-state index is 0.00632. The Labute approximate surface area is 302 Å². The van der Waals surface area contributed by atoms with E-state index in [9.17, 15) is 29.6 Å². The minimum Gasteiger partial charge on any atom is -0.497 e. The number of carbonyl (C=O) groups is 1. The molecule has 1 fully saturated rings. The SMILES string of the molecule is COc1ccc(-c2c(COSC(c3ccccc3)c3ccccc3)cc([N+](=O)[O-])cc2C(=O)OC[C@H]2O[C@@H](n3cc(C)c(=O)[nH]c3=O)C[C@@H]2O)cc1. The lowest BCUT2D eigenvalue weighted by Gasteiger charge is -2.19. The number of esters is 1. The van der Waals surface area contributed by atoms with Gasteiger partial charge in [-0.05, 0) is 41.3 Å². The summed E-state index contributed by atoms with van der Waals surface area (Å²) in [5.41, 5.74) is 1.86. The molecule has 1 aromatic heterocycles. The molecule has 0 amide bonds. The number of nitrogens with one attached hydrogen (secondary N) is 1. The number of hydrogen-bond acceptors (Lipinski definition) is 11. The monoisotopic (exact) mass is 725 g/mol. The fourth-order valence-electron chi connectivity index (χ4n) is 5.96. The van der Waals surface area contributed by atoms with Crippen LogP contribution in [-0.2, 0) is 20.3 Å². The van der Waals surface area contributed by atoms with Crippen molar-refractivity contribution in [2.45, 2.75) is 43.6 Å². The van der Waals surface area contributed by atoms with Gasteiger partial charge in [0.1, 0.15) is 24.7 Å². The van der Waals surface area contributed by atoms with Gasteiger partial charge in [0.2, 0.25) is 0 Å². The molecule has 1 aliphatic rings. The van der Waals surface area contributed by atoms with Crippen molar-refractivity contribution in [1.82, 2.24) is 9.55 Å². The molecule has 0 bridgehead atoms. The van der Waals surface area contributed by atoms with E-state index in [0.717, 1.165) is 21.8 Å². The van der Waals surface area contributed by atoms with Crippen molar-refractivity contribution in [2.24, 2.45) is 0 Å².